The molecule has 0 saturated heterocycles. The molecule has 0 radical (unpaired) electrons. The summed E-state index contributed by atoms with van der Waals surface area (Å²) in [4.78, 5) is 21.8. The molecular weight excluding hydrogens is 186 g/mol. The summed E-state index contributed by atoms with van der Waals surface area (Å²) >= 11 is 0. The lowest BCUT2D eigenvalue weighted by atomic mass is 10.1. The molecule has 14 heavy (non-hydrogen) atoms. The maximum atomic E-state index is 11.2. The van der Waals surface area contributed by atoms with Crippen LogP contribution in [-0.2, 0) is 19.1 Å². The van der Waals surface area contributed by atoms with Gasteiger partial charge < -0.3 is 9.47 Å². The maximum Gasteiger partial charge on any atom is 0.365 e. The molecule has 1 unspecified atom stereocenters. The van der Waals surface area contributed by atoms with Crippen molar-refractivity contribution in [3.63, 3.8) is 0 Å². The van der Waals surface area contributed by atoms with E-state index in [1.807, 2.05) is 0 Å². The fraction of sp³-hybridized carbons (Fsp3) is 0.444. The van der Waals surface area contributed by atoms with Gasteiger partial charge in [0.1, 0.15) is 12.7 Å². The Bertz CT molecular complexity index is 292. The largest absolute Gasteiger partial charge is 0.458 e. The van der Waals surface area contributed by atoms with Gasteiger partial charge in [0, 0.05) is 13.8 Å². The van der Waals surface area contributed by atoms with Gasteiger partial charge in [-0.2, -0.15) is 5.26 Å². The summed E-state index contributed by atoms with van der Waals surface area (Å²) in [6.07, 6.45) is 1.35. The molecule has 0 aromatic rings. The SMILES string of the molecule is C=CCOC(=O)C(C)(C#N)OC(C)=O. The predicted octanol–water partition coefficient (Wildman–Crippen LogP) is 0.561. The summed E-state index contributed by atoms with van der Waals surface area (Å²) in [5, 5.41) is 8.65. The second-order valence-corrected chi connectivity index (χ2v) is 2.63. The van der Waals surface area contributed by atoms with Crippen molar-refractivity contribution in [2.24, 2.45) is 0 Å². The third kappa shape index (κ3) is 3.27. The Hall–Kier alpha value is -1.83. The quantitative estimate of drug-likeness (QED) is 0.486. The Morgan fingerprint density at radius 3 is 2.57 bits per heavy atom. The van der Waals surface area contributed by atoms with E-state index in [-0.39, 0.29) is 6.61 Å². The fourth-order valence-corrected chi connectivity index (χ4v) is 0.670. The molecule has 0 fully saturated rings. The Labute approximate surface area is 81.9 Å². The smallest absolute Gasteiger partial charge is 0.365 e. The summed E-state index contributed by atoms with van der Waals surface area (Å²) < 4.78 is 9.13. The highest BCUT2D eigenvalue weighted by Crippen LogP contribution is 2.11. The molecule has 5 nitrogen and oxygen atoms in total. The average molecular weight is 197 g/mol. The molecule has 0 aromatic carbocycles. The minimum atomic E-state index is -1.88. The van der Waals surface area contributed by atoms with Gasteiger partial charge in [0.2, 0.25) is 0 Å². The van der Waals surface area contributed by atoms with E-state index in [1.165, 1.54) is 13.0 Å². The zero-order valence-corrected chi connectivity index (χ0v) is 8.07. The lowest BCUT2D eigenvalue weighted by Gasteiger charge is -2.18. The van der Waals surface area contributed by atoms with E-state index in [4.69, 9.17) is 5.26 Å². The number of nitrogens with zero attached hydrogens (tertiary/aromatic N) is 1. The highest BCUT2D eigenvalue weighted by Gasteiger charge is 2.38. The minimum absolute atomic E-state index is 0.0304. The van der Waals surface area contributed by atoms with Crippen molar-refractivity contribution >= 4 is 11.9 Å². The third-order valence-electron chi connectivity index (χ3n) is 1.28. The monoisotopic (exact) mass is 197 g/mol. The number of carbonyl (C=O) groups excluding carboxylic acids is 2. The average Bonchev–Trinajstić information content (AvgIpc) is 2.12. The number of esters is 2. The lowest BCUT2D eigenvalue weighted by Crippen LogP contribution is -2.39. The first-order valence-corrected chi connectivity index (χ1v) is 3.85. The Kier molecular flexibility index (Phi) is 4.36. The van der Waals surface area contributed by atoms with Crippen LogP contribution < -0.4 is 0 Å². The highest BCUT2D eigenvalue weighted by molar-refractivity contribution is 5.85. The van der Waals surface area contributed by atoms with Gasteiger partial charge in [-0.05, 0) is 0 Å². The van der Waals surface area contributed by atoms with E-state index in [1.54, 1.807) is 6.07 Å². The molecule has 0 N–H and O–H groups in total. The summed E-state index contributed by atoms with van der Waals surface area (Å²) in [6.45, 7) is 5.58. The highest BCUT2D eigenvalue weighted by atomic mass is 16.6. The zero-order valence-electron chi connectivity index (χ0n) is 8.07. The second kappa shape index (κ2) is 5.02. The Morgan fingerprint density at radius 1 is 1.64 bits per heavy atom. The number of ether oxygens (including phenoxy) is 2. The molecule has 76 valence electrons. The summed E-state index contributed by atoms with van der Waals surface area (Å²) in [5.41, 5.74) is -1.88. The number of nitriles is 1. The molecule has 0 bridgehead atoms. The molecule has 0 heterocycles. The minimum Gasteiger partial charge on any atom is -0.458 e. The van der Waals surface area contributed by atoms with Crippen molar-refractivity contribution in [1.29, 1.82) is 5.26 Å². The van der Waals surface area contributed by atoms with Crippen molar-refractivity contribution in [2.75, 3.05) is 6.61 Å². The lowest BCUT2D eigenvalue weighted by molar-refractivity contribution is -0.172. The van der Waals surface area contributed by atoms with Gasteiger partial charge in [-0.15, -0.1) is 0 Å². The van der Waals surface area contributed by atoms with Crippen molar-refractivity contribution < 1.29 is 19.1 Å². The Balaban J connectivity index is 4.52. The van der Waals surface area contributed by atoms with Gasteiger partial charge in [-0.1, -0.05) is 12.7 Å². The van der Waals surface area contributed by atoms with E-state index < -0.39 is 17.5 Å². The molecule has 0 aliphatic rings. The molecule has 0 aliphatic carbocycles. The van der Waals surface area contributed by atoms with Gasteiger partial charge >= 0.3 is 11.9 Å². The molecule has 0 aliphatic heterocycles. The first-order valence-electron chi connectivity index (χ1n) is 3.85. The molecule has 0 spiro atoms. The van der Waals surface area contributed by atoms with Crippen LogP contribution in [0.4, 0.5) is 0 Å². The number of rotatable bonds is 4. The van der Waals surface area contributed by atoms with Crippen LogP contribution in [0.2, 0.25) is 0 Å². The standard InChI is InChI=1S/C9H11NO4/c1-4-5-13-8(12)9(3,6-10)14-7(2)11/h4H,1,5H2,2-3H3. The normalized spacial score (nSPS) is 13.2. The summed E-state index contributed by atoms with van der Waals surface area (Å²) in [7, 11) is 0. The van der Waals surface area contributed by atoms with Crippen molar-refractivity contribution in [1.82, 2.24) is 0 Å². The van der Waals surface area contributed by atoms with E-state index in [2.05, 4.69) is 16.1 Å². The predicted molar refractivity (Wildman–Crippen MR) is 46.9 cm³/mol. The van der Waals surface area contributed by atoms with Crippen molar-refractivity contribution in [2.45, 2.75) is 19.4 Å². The van der Waals surface area contributed by atoms with Crippen LogP contribution in [0.3, 0.4) is 0 Å². The molecule has 0 rings (SSSR count). The van der Waals surface area contributed by atoms with Gasteiger partial charge in [0.25, 0.3) is 5.60 Å². The number of hydrogen-bond donors (Lipinski definition) is 0. The van der Waals surface area contributed by atoms with Crippen LogP contribution in [0.15, 0.2) is 12.7 Å². The Morgan fingerprint density at radius 2 is 2.21 bits per heavy atom. The van der Waals surface area contributed by atoms with Crippen LogP contribution >= 0.6 is 0 Å². The molecular formula is C9H11NO4. The first-order chi connectivity index (χ1) is 6.46. The molecule has 0 saturated carbocycles. The maximum absolute atomic E-state index is 11.2. The van der Waals surface area contributed by atoms with E-state index in [9.17, 15) is 9.59 Å². The van der Waals surface area contributed by atoms with E-state index in [0.717, 1.165) is 6.92 Å². The molecule has 0 aromatic heterocycles. The van der Waals surface area contributed by atoms with Crippen LogP contribution in [-0.4, -0.2) is 24.1 Å². The molecule has 5 heteroatoms. The molecule has 1 atom stereocenters. The van der Waals surface area contributed by atoms with E-state index in [0.29, 0.717) is 0 Å². The van der Waals surface area contributed by atoms with Crippen LogP contribution in [0.1, 0.15) is 13.8 Å². The van der Waals surface area contributed by atoms with Crippen LogP contribution in [0, 0.1) is 11.3 Å². The third-order valence-corrected chi connectivity index (χ3v) is 1.28. The topological polar surface area (TPSA) is 76.4 Å². The first kappa shape index (κ1) is 12.2. The van der Waals surface area contributed by atoms with E-state index >= 15 is 0 Å². The zero-order chi connectivity index (χ0) is 11.2. The fourth-order valence-electron chi connectivity index (χ4n) is 0.670. The van der Waals surface area contributed by atoms with Crippen molar-refractivity contribution in [3.05, 3.63) is 12.7 Å². The number of carbonyl (C=O) groups is 2. The van der Waals surface area contributed by atoms with Crippen LogP contribution in [0.25, 0.3) is 0 Å². The second-order valence-electron chi connectivity index (χ2n) is 2.63. The number of hydrogen-bond acceptors (Lipinski definition) is 5. The van der Waals surface area contributed by atoms with Gasteiger partial charge in [-0.3, -0.25) is 4.79 Å². The molecule has 0 amide bonds. The summed E-state index contributed by atoms with van der Waals surface area (Å²) in [5.74, 6) is -1.63. The van der Waals surface area contributed by atoms with Crippen LogP contribution in [0.5, 0.6) is 0 Å². The van der Waals surface area contributed by atoms with Crippen molar-refractivity contribution in [3.8, 4) is 6.07 Å². The summed E-state index contributed by atoms with van der Waals surface area (Å²) in [6, 6.07) is 1.57. The van der Waals surface area contributed by atoms with Gasteiger partial charge in [0.15, 0.2) is 0 Å². The van der Waals surface area contributed by atoms with Gasteiger partial charge in [-0.25, -0.2) is 4.79 Å². The van der Waals surface area contributed by atoms with Gasteiger partial charge in [0.05, 0.1) is 0 Å².